The molecule has 0 saturated heterocycles. The zero-order valence-corrected chi connectivity index (χ0v) is 14.1. The number of halogens is 3. The highest BCUT2D eigenvalue weighted by Gasteiger charge is 2.32. The van der Waals surface area contributed by atoms with Crippen molar-refractivity contribution >= 4 is 5.65 Å². The number of aryl methyl sites for hydroxylation is 1. The number of aromatic nitrogens is 4. The summed E-state index contributed by atoms with van der Waals surface area (Å²) in [4.78, 5) is 20.4. The molecule has 0 aliphatic heterocycles. The molecule has 136 valence electrons. The molecule has 0 spiro atoms. The molecule has 27 heavy (non-hydrogen) atoms. The minimum absolute atomic E-state index is 0.261. The minimum atomic E-state index is -4.52. The Balaban J connectivity index is 1.90. The van der Waals surface area contributed by atoms with Crippen LogP contribution < -0.4 is 5.56 Å². The first kappa shape index (κ1) is 17.0. The van der Waals surface area contributed by atoms with Crippen LogP contribution in [-0.2, 0) is 6.18 Å². The third-order valence-corrected chi connectivity index (χ3v) is 4.21. The Labute approximate surface area is 151 Å². The quantitative estimate of drug-likeness (QED) is 0.578. The second-order valence-corrected chi connectivity index (χ2v) is 6.05. The summed E-state index contributed by atoms with van der Waals surface area (Å²) < 4.78 is 39.4. The van der Waals surface area contributed by atoms with E-state index in [9.17, 15) is 18.0 Å². The molecule has 0 aliphatic carbocycles. The van der Waals surface area contributed by atoms with Gasteiger partial charge in [0.1, 0.15) is 5.69 Å². The van der Waals surface area contributed by atoms with Gasteiger partial charge in [0.15, 0.2) is 5.65 Å². The van der Waals surface area contributed by atoms with Crippen molar-refractivity contribution in [1.82, 2.24) is 19.6 Å². The second-order valence-electron chi connectivity index (χ2n) is 6.05. The molecule has 0 bridgehead atoms. The van der Waals surface area contributed by atoms with Crippen LogP contribution >= 0.6 is 0 Å². The number of alkyl halides is 3. The van der Waals surface area contributed by atoms with Gasteiger partial charge in [-0.05, 0) is 24.6 Å². The lowest BCUT2D eigenvalue weighted by molar-refractivity contribution is -0.141. The first-order valence-electron chi connectivity index (χ1n) is 8.06. The van der Waals surface area contributed by atoms with E-state index in [-0.39, 0.29) is 11.3 Å². The summed E-state index contributed by atoms with van der Waals surface area (Å²) in [6, 6.07) is 12.8. The highest BCUT2D eigenvalue weighted by molar-refractivity contribution is 5.80. The largest absolute Gasteiger partial charge is 0.433 e. The highest BCUT2D eigenvalue weighted by Crippen LogP contribution is 2.30. The van der Waals surface area contributed by atoms with E-state index in [0.29, 0.717) is 11.2 Å². The van der Waals surface area contributed by atoms with E-state index in [4.69, 9.17) is 0 Å². The molecular formula is C19H13F3N4O. The van der Waals surface area contributed by atoms with Gasteiger partial charge in [0.05, 0.1) is 5.69 Å². The number of pyridine rings is 1. The SMILES string of the molecule is Cc1[nH]n2c(=O)cc(-c3ccc(C(F)(F)F)nc3)nc2c1-c1ccccc1. The molecule has 0 unspecified atom stereocenters. The number of H-pyrrole nitrogens is 1. The van der Waals surface area contributed by atoms with Crippen LogP contribution in [0.25, 0.3) is 28.0 Å². The molecule has 1 aromatic carbocycles. The summed E-state index contributed by atoms with van der Waals surface area (Å²) in [5, 5.41) is 2.98. The summed E-state index contributed by atoms with van der Waals surface area (Å²) >= 11 is 0. The third-order valence-electron chi connectivity index (χ3n) is 4.21. The highest BCUT2D eigenvalue weighted by atomic mass is 19.4. The second kappa shape index (κ2) is 6.08. The summed E-state index contributed by atoms with van der Waals surface area (Å²) in [5.74, 6) is 0. The van der Waals surface area contributed by atoms with Gasteiger partial charge >= 0.3 is 6.18 Å². The number of nitrogens with zero attached hydrogens (tertiary/aromatic N) is 3. The number of fused-ring (bicyclic) bond motifs is 1. The summed E-state index contributed by atoms with van der Waals surface area (Å²) in [6.45, 7) is 1.83. The van der Waals surface area contributed by atoms with Crippen molar-refractivity contribution in [2.75, 3.05) is 0 Å². The van der Waals surface area contributed by atoms with E-state index >= 15 is 0 Å². The maximum Gasteiger partial charge on any atom is 0.433 e. The van der Waals surface area contributed by atoms with Crippen LogP contribution in [0, 0.1) is 6.92 Å². The Morgan fingerprint density at radius 2 is 1.78 bits per heavy atom. The van der Waals surface area contributed by atoms with Gasteiger partial charge < -0.3 is 0 Å². The molecule has 4 rings (SSSR count). The number of aromatic amines is 1. The van der Waals surface area contributed by atoms with Crippen LogP contribution in [0.5, 0.6) is 0 Å². The number of hydrogen-bond acceptors (Lipinski definition) is 3. The van der Waals surface area contributed by atoms with Crippen molar-refractivity contribution in [3.8, 4) is 22.4 Å². The molecule has 0 amide bonds. The van der Waals surface area contributed by atoms with E-state index in [1.807, 2.05) is 37.3 Å². The van der Waals surface area contributed by atoms with Gasteiger partial charge in [0.2, 0.25) is 0 Å². The molecular weight excluding hydrogens is 357 g/mol. The fourth-order valence-electron chi connectivity index (χ4n) is 2.96. The number of rotatable bonds is 2. The van der Waals surface area contributed by atoms with Gasteiger partial charge in [-0.25, -0.2) is 9.50 Å². The lowest BCUT2D eigenvalue weighted by Gasteiger charge is -2.07. The third kappa shape index (κ3) is 2.99. The van der Waals surface area contributed by atoms with Crippen molar-refractivity contribution in [3.05, 3.63) is 76.5 Å². The summed E-state index contributed by atoms with van der Waals surface area (Å²) in [7, 11) is 0. The lowest BCUT2D eigenvalue weighted by atomic mass is 10.1. The van der Waals surface area contributed by atoms with E-state index in [1.165, 1.54) is 16.6 Å². The van der Waals surface area contributed by atoms with Gasteiger partial charge in [0, 0.05) is 29.1 Å². The predicted molar refractivity (Wildman–Crippen MR) is 94.2 cm³/mol. The van der Waals surface area contributed by atoms with Crippen molar-refractivity contribution in [1.29, 1.82) is 0 Å². The van der Waals surface area contributed by atoms with Crippen LogP contribution in [0.1, 0.15) is 11.4 Å². The average molecular weight is 370 g/mol. The first-order chi connectivity index (χ1) is 12.8. The molecule has 3 aromatic heterocycles. The molecule has 1 N–H and O–H groups in total. The molecule has 8 heteroatoms. The van der Waals surface area contributed by atoms with Gasteiger partial charge in [-0.15, -0.1) is 0 Å². The van der Waals surface area contributed by atoms with Crippen LogP contribution in [0.4, 0.5) is 13.2 Å². The number of hydrogen-bond donors (Lipinski definition) is 1. The van der Waals surface area contributed by atoms with Crippen LogP contribution in [0.2, 0.25) is 0 Å². The van der Waals surface area contributed by atoms with E-state index < -0.39 is 11.9 Å². The van der Waals surface area contributed by atoms with Crippen LogP contribution in [0.15, 0.2) is 59.5 Å². The van der Waals surface area contributed by atoms with Gasteiger partial charge in [-0.3, -0.25) is 14.9 Å². The lowest BCUT2D eigenvalue weighted by Crippen LogP contribution is -2.14. The first-order valence-corrected chi connectivity index (χ1v) is 8.06. The van der Waals surface area contributed by atoms with Gasteiger partial charge in [-0.2, -0.15) is 13.2 Å². The topological polar surface area (TPSA) is 63.0 Å². The van der Waals surface area contributed by atoms with Crippen molar-refractivity contribution < 1.29 is 13.2 Å². The maximum absolute atomic E-state index is 12.7. The number of benzene rings is 1. The zero-order valence-electron chi connectivity index (χ0n) is 14.1. The van der Waals surface area contributed by atoms with Crippen molar-refractivity contribution in [2.24, 2.45) is 0 Å². The maximum atomic E-state index is 12.7. The van der Waals surface area contributed by atoms with Crippen molar-refractivity contribution in [2.45, 2.75) is 13.1 Å². The normalized spacial score (nSPS) is 11.9. The molecule has 0 aliphatic rings. The molecule has 0 radical (unpaired) electrons. The summed E-state index contributed by atoms with van der Waals surface area (Å²) in [5.41, 5.74) is 2.04. The predicted octanol–water partition coefficient (Wildman–Crippen LogP) is 4.08. The molecule has 5 nitrogen and oxygen atoms in total. The Morgan fingerprint density at radius 3 is 2.41 bits per heavy atom. The summed E-state index contributed by atoms with van der Waals surface area (Å²) in [6.07, 6.45) is -3.45. The number of nitrogens with one attached hydrogen (secondary N) is 1. The minimum Gasteiger partial charge on any atom is -0.293 e. The Bertz CT molecular complexity index is 1180. The molecule has 0 saturated carbocycles. The fourth-order valence-corrected chi connectivity index (χ4v) is 2.96. The Kier molecular flexibility index (Phi) is 3.83. The molecule has 4 aromatic rings. The van der Waals surface area contributed by atoms with E-state index in [0.717, 1.165) is 29.1 Å². The van der Waals surface area contributed by atoms with Crippen LogP contribution in [0.3, 0.4) is 0 Å². The zero-order chi connectivity index (χ0) is 19.2. The standard InChI is InChI=1S/C19H13F3N4O/c1-11-17(12-5-3-2-4-6-12)18-24-14(9-16(27)26(18)25-11)13-7-8-15(23-10-13)19(20,21)22/h2-10,25H,1H3. The molecule has 3 heterocycles. The fraction of sp³-hybridized carbons (Fsp3) is 0.105. The average Bonchev–Trinajstić information content (AvgIpc) is 2.98. The van der Waals surface area contributed by atoms with Gasteiger partial charge in [-0.1, -0.05) is 30.3 Å². The van der Waals surface area contributed by atoms with Crippen molar-refractivity contribution in [3.63, 3.8) is 0 Å². The Hall–Kier alpha value is -3.42. The smallest absolute Gasteiger partial charge is 0.293 e. The Morgan fingerprint density at radius 1 is 1.04 bits per heavy atom. The monoisotopic (exact) mass is 370 g/mol. The van der Waals surface area contributed by atoms with Crippen LogP contribution in [-0.4, -0.2) is 19.6 Å². The molecule has 0 fully saturated rings. The van der Waals surface area contributed by atoms with Gasteiger partial charge in [0.25, 0.3) is 5.56 Å². The van der Waals surface area contributed by atoms with E-state index in [1.54, 1.807) is 0 Å². The van der Waals surface area contributed by atoms with E-state index in [2.05, 4.69) is 15.1 Å². The molecule has 0 atom stereocenters.